The minimum Gasteiger partial charge on any atom is -0.364 e. The van der Waals surface area contributed by atoms with Crippen LogP contribution in [0, 0.1) is 11.8 Å². The van der Waals surface area contributed by atoms with Crippen LogP contribution in [0.25, 0.3) is 6.08 Å². The Labute approximate surface area is 155 Å². The Kier molecular flexibility index (Phi) is 3.32. The second kappa shape index (κ2) is 5.62. The highest BCUT2D eigenvalue weighted by molar-refractivity contribution is 6.23. The first-order valence-corrected chi connectivity index (χ1v) is 8.95. The number of rotatable bonds is 2. The lowest BCUT2D eigenvalue weighted by molar-refractivity contribution is -0.884. The molecule has 2 fully saturated rings. The van der Waals surface area contributed by atoms with Gasteiger partial charge in [0.1, 0.15) is 17.9 Å². The maximum atomic E-state index is 13.3. The predicted molar refractivity (Wildman–Crippen MR) is 98.1 cm³/mol. The van der Waals surface area contributed by atoms with Crippen LogP contribution in [0.3, 0.4) is 0 Å². The monoisotopic (exact) mass is 360 g/mol. The Balaban J connectivity index is 1.67. The smallest absolute Gasteiger partial charge is 0.277 e. The summed E-state index contributed by atoms with van der Waals surface area (Å²) in [6.45, 7) is 0. The molecule has 3 heterocycles. The van der Waals surface area contributed by atoms with Gasteiger partial charge in [-0.05, 0) is 23.8 Å². The van der Waals surface area contributed by atoms with Crippen LogP contribution in [0.15, 0.2) is 60.8 Å². The van der Waals surface area contributed by atoms with Gasteiger partial charge in [-0.1, -0.05) is 42.5 Å². The van der Waals surface area contributed by atoms with Gasteiger partial charge >= 0.3 is 0 Å². The number of benzene rings is 2. The van der Waals surface area contributed by atoms with Gasteiger partial charge < -0.3 is 5.73 Å². The zero-order valence-corrected chi connectivity index (χ0v) is 14.4. The van der Waals surface area contributed by atoms with Crippen molar-refractivity contribution in [2.75, 3.05) is 4.90 Å². The fraction of sp³-hybridized carbons (Fsp3) is 0.190. The number of quaternary nitrogens is 1. The molecule has 0 aliphatic carbocycles. The molecule has 3 N–H and O–H groups in total. The third kappa shape index (κ3) is 2.07. The van der Waals surface area contributed by atoms with Crippen LogP contribution < -0.4 is 15.5 Å². The van der Waals surface area contributed by atoms with Crippen LogP contribution >= 0.6 is 0 Å². The third-order valence-electron chi connectivity index (χ3n) is 5.94. The van der Waals surface area contributed by atoms with Crippen molar-refractivity contribution in [1.82, 2.24) is 0 Å². The highest BCUT2D eigenvalue weighted by atomic mass is 16.2. The van der Waals surface area contributed by atoms with E-state index in [2.05, 4.69) is 0 Å². The lowest BCUT2D eigenvalue weighted by Crippen LogP contribution is -3.12. The molecule has 0 bridgehead atoms. The fourth-order valence-corrected chi connectivity index (χ4v) is 4.91. The van der Waals surface area contributed by atoms with Crippen LogP contribution in [0.5, 0.6) is 0 Å². The van der Waals surface area contributed by atoms with Crippen molar-refractivity contribution in [2.24, 2.45) is 17.6 Å². The number of anilines is 1. The highest BCUT2D eigenvalue weighted by Crippen LogP contribution is 2.44. The van der Waals surface area contributed by atoms with E-state index in [1.807, 2.05) is 42.6 Å². The van der Waals surface area contributed by atoms with E-state index in [0.29, 0.717) is 5.69 Å². The van der Waals surface area contributed by atoms with Crippen molar-refractivity contribution < 1.29 is 19.3 Å². The summed E-state index contributed by atoms with van der Waals surface area (Å²) in [4.78, 5) is 40.9. The molecule has 2 aromatic carbocycles. The first-order valence-electron chi connectivity index (χ1n) is 8.95. The predicted octanol–water partition coefficient (Wildman–Crippen LogP) is 0.270. The van der Waals surface area contributed by atoms with Crippen LogP contribution in [-0.4, -0.2) is 23.8 Å². The molecule has 3 amide bonds. The van der Waals surface area contributed by atoms with Gasteiger partial charge in [0.2, 0.25) is 11.8 Å². The van der Waals surface area contributed by atoms with Crippen molar-refractivity contribution in [3.8, 4) is 0 Å². The summed E-state index contributed by atoms with van der Waals surface area (Å²) in [6.07, 6.45) is 3.80. The lowest BCUT2D eigenvalue weighted by atomic mass is 9.84. The first kappa shape index (κ1) is 16.0. The van der Waals surface area contributed by atoms with Crippen LogP contribution in [0.1, 0.15) is 17.2 Å². The number of para-hydroxylation sites is 1. The molecule has 0 aromatic heterocycles. The van der Waals surface area contributed by atoms with Gasteiger partial charge in [0.05, 0.1) is 11.9 Å². The topological polar surface area (TPSA) is 84.9 Å². The normalized spacial score (nSPS) is 30.8. The quantitative estimate of drug-likeness (QED) is 0.754. The van der Waals surface area contributed by atoms with Gasteiger partial charge in [0, 0.05) is 5.56 Å². The number of amides is 3. The summed E-state index contributed by atoms with van der Waals surface area (Å²) < 4.78 is 0. The summed E-state index contributed by atoms with van der Waals surface area (Å²) in [6, 6.07) is 15.6. The Hall–Kier alpha value is -3.25. The summed E-state index contributed by atoms with van der Waals surface area (Å²) in [7, 11) is 0. The Morgan fingerprint density at radius 1 is 0.926 bits per heavy atom. The van der Waals surface area contributed by atoms with E-state index >= 15 is 0 Å². The van der Waals surface area contributed by atoms with Gasteiger partial charge in [0.25, 0.3) is 5.91 Å². The largest absolute Gasteiger partial charge is 0.364 e. The molecule has 2 aromatic rings. The number of carbonyl (C=O) groups excluding carboxylic acids is 3. The molecule has 27 heavy (non-hydrogen) atoms. The fourth-order valence-electron chi connectivity index (χ4n) is 4.91. The SMILES string of the molecule is NC(=O)[C@@H]1[C@@H]2C(=O)N(c3ccccc3)C(=O)[C@@H]2[C@@H]2c3ccccc3C=C[NH+]12. The van der Waals surface area contributed by atoms with E-state index in [9.17, 15) is 14.4 Å². The molecule has 5 atom stereocenters. The summed E-state index contributed by atoms with van der Waals surface area (Å²) in [5.41, 5.74) is 8.21. The van der Waals surface area contributed by atoms with Crippen molar-refractivity contribution >= 4 is 29.5 Å². The van der Waals surface area contributed by atoms with Gasteiger partial charge in [-0.15, -0.1) is 0 Å². The second-order valence-electron chi connectivity index (χ2n) is 7.22. The van der Waals surface area contributed by atoms with E-state index in [1.165, 1.54) is 4.90 Å². The van der Waals surface area contributed by atoms with Gasteiger partial charge in [0.15, 0.2) is 6.04 Å². The molecule has 1 unspecified atom stereocenters. The molecule has 0 radical (unpaired) electrons. The molecule has 0 saturated carbocycles. The molecule has 3 aliphatic rings. The molecular formula is C21H18N3O3+. The number of imide groups is 1. The van der Waals surface area contributed by atoms with E-state index in [1.54, 1.807) is 24.3 Å². The Bertz CT molecular complexity index is 1000. The lowest BCUT2D eigenvalue weighted by Gasteiger charge is -2.29. The van der Waals surface area contributed by atoms with E-state index in [0.717, 1.165) is 16.0 Å². The average Bonchev–Trinajstić information content (AvgIpc) is 3.16. The van der Waals surface area contributed by atoms with Gasteiger partial charge in [-0.2, -0.15) is 0 Å². The summed E-state index contributed by atoms with van der Waals surface area (Å²) in [5.74, 6) is -2.50. The third-order valence-corrected chi connectivity index (χ3v) is 5.94. The van der Waals surface area contributed by atoms with Crippen molar-refractivity contribution in [3.05, 3.63) is 71.9 Å². The van der Waals surface area contributed by atoms with Crippen molar-refractivity contribution in [3.63, 3.8) is 0 Å². The van der Waals surface area contributed by atoms with E-state index in [4.69, 9.17) is 5.73 Å². The average molecular weight is 360 g/mol. The van der Waals surface area contributed by atoms with Crippen LogP contribution in [0.2, 0.25) is 0 Å². The van der Waals surface area contributed by atoms with Gasteiger partial charge in [-0.3, -0.25) is 19.3 Å². The number of nitrogens with one attached hydrogen (secondary N) is 1. The number of nitrogens with zero attached hydrogens (tertiary/aromatic N) is 1. The molecule has 2 saturated heterocycles. The van der Waals surface area contributed by atoms with Gasteiger partial charge in [-0.25, -0.2) is 4.90 Å². The molecule has 0 spiro atoms. The molecule has 5 rings (SSSR count). The highest BCUT2D eigenvalue weighted by Gasteiger charge is 2.67. The Morgan fingerprint density at radius 3 is 2.33 bits per heavy atom. The minimum absolute atomic E-state index is 0.257. The van der Waals surface area contributed by atoms with Crippen molar-refractivity contribution in [1.29, 1.82) is 0 Å². The van der Waals surface area contributed by atoms with Crippen LogP contribution in [-0.2, 0) is 14.4 Å². The van der Waals surface area contributed by atoms with Crippen LogP contribution in [0.4, 0.5) is 5.69 Å². The Morgan fingerprint density at radius 2 is 1.59 bits per heavy atom. The number of primary amides is 1. The number of hydrogen-bond acceptors (Lipinski definition) is 3. The second-order valence-corrected chi connectivity index (χ2v) is 7.22. The first-order chi connectivity index (χ1) is 13.1. The number of hydrogen-bond donors (Lipinski definition) is 2. The minimum atomic E-state index is -0.755. The maximum absolute atomic E-state index is 13.3. The maximum Gasteiger partial charge on any atom is 0.277 e. The zero-order chi connectivity index (χ0) is 18.7. The van der Waals surface area contributed by atoms with E-state index < -0.39 is 23.8 Å². The molecular weight excluding hydrogens is 342 g/mol. The number of fused-ring (bicyclic) bond motifs is 5. The number of carbonyl (C=O) groups is 3. The molecule has 6 heteroatoms. The molecule has 6 nitrogen and oxygen atoms in total. The summed E-state index contributed by atoms with van der Waals surface area (Å²) >= 11 is 0. The van der Waals surface area contributed by atoms with Crippen molar-refractivity contribution in [2.45, 2.75) is 12.1 Å². The zero-order valence-electron chi connectivity index (χ0n) is 14.4. The summed E-state index contributed by atoms with van der Waals surface area (Å²) in [5, 5.41) is 0. The number of nitrogens with two attached hydrogens (primary N) is 1. The van der Waals surface area contributed by atoms with E-state index in [-0.39, 0.29) is 17.9 Å². The molecule has 3 aliphatic heterocycles. The standard InChI is InChI=1S/C21H17N3O3/c22-19(25)18-16-15(17-14-9-5-4-6-12(14)10-11-23(17)18)20(26)24(21(16)27)13-7-2-1-3-8-13/h1-11,15-18H,(H2,22,25)/p+1/t15-,16+,17-,18-/m0/s1. The molecule has 134 valence electrons.